The maximum atomic E-state index is 13.4. The Hall–Kier alpha value is -2.37. The third kappa shape index (κ3) is 3.61. The van der Waals surface area contributed by atoms with Crippen LogP contribution in [0.2, 0.25) is 0 Å². The van der Waals surface area contributed by atoms with Crippen LogP contribution in [0.1, 0.15) is 44.2 Å². The summed E-state index contributed by atoms with van der Waals surface area (Å²) in [6, 6.07) is 1.81. The van der Waals surface area contributed by atoms with Crippen molar-refractivity contribution in [1.82, 2.24) is 29.6 Å². The summed E-state index contributed by atoms with van der Waals surface area (Å²) in [5, 5.41) is 0. The number of nitrogens with zero attached hydrogens (tertiary/aromatic N) is 4. The van der Waals surface area contributed by atoms with Gasteiger partial charge in [0, 0.05) is 31.4 Å². The van der Waals surface area contributed by atoms with Gasteiger partial charge >= 0.3 is 11.9 Å². The highest BCUT2D eigenvalue weighted by atomic mass is 19.4. The van der Waals surface area contributed by atoms with Gasteiger partial charge in [0.05, 0.1) is 17.7 Å². The highest BCUT2D eigenvalue weighted by Gasteiger charge is 2.38. The number of hydrazine groups is 1. The molecule has 1 saturated carbocycles. The number of pyridine rings is 1. The van der Waals surface area contributed by atoms with E-state index in [9.17, 15) is 22.8 Å². The number of rotatable bonds is 3. The summed E-state index contributed by atoms with van der Waals surface area (Å²) in [5.41, 5.74) is 4.61. The van der Waals surface area contributed by atoms with E-state index < -0.39 is 17.4 Å². The Balaban J connectivity index is 1.66. The summed E-state index contributed by atoms with van der Waals surface area (Å²) < 4.78 is 42.6. The maximum Gasteiger partial charge on any atom is 0.418 e. The van der Waals surface area contributed by atoms with E-state index in [2.05, 4.69) is 10.9 Å². The molecule has 0 bridgehead atoms. The molecule has 30 heavy (non-hydrogen) atoms. The molecule has 2 fully saturated rings. The van der Waals surface area contributed by atoms with Crippen molar-refractivity contribution >= 4 is 11.4 Å². The van der Waals surface area contributed by atoms with Crippen LogP contribution in [0.15, 0.2) is 29.3 Å². The van der Waals surface area contributed by atoms with Gasteiger partial charge < -0.3 is 4.90 Å². The Morgan fingerprint density at radius 3 is 2.70 bits per heavy atom. The number of carbonyl (C=O) groups is 1. The zero-order chi connectivity index (χ0) is 21.6. The van der Waals surface area contributed by atoms with Crippen LogP contribution < -0.4 is 16.5 Å². The summed E-state index contributed by atoms with van der Waals surface area (Å²) in [7, 11) is 1.89. The zero-order valence-electron chi connectivity index (χ0n) is 16.8. The minimum Gasteiger partial charge on any atom is -0.310 e. The van der Waals surface area contributed by atoms with Crippen LogP contribution in [0, 0.1) is 0 Å². The normalized spacial score (nSPS) is 25.7. The van der Waals surface area contributed by atoms with E-state index in [0.717, 1.165) is 23.3 Å². The van der Waals surface area contributed by atoms with E-state index in [1.807, 2.05) is 11.9 Å². The number of alkyl halides is 3. The fourth-order valence-electron chi connectivity index (χ4n) is 4.65. The van der Waals surface area contributed by atoms with Gasteiger partial charge in [0.1, 0.15) is 0 Å². The van der Waals surface area contributed by atoms with Crippen molar-refractivity contribution in [1.29, 1.82) is 0 Å². The first kappa shape index (κ1) is 20.9. The molecule has 1 aliphatic heterocycles. The molecule has 2 aromatic heterocycles. The number of hydrogen-bond acceptors (Lipinski definition) is 5. The molecule has 8 nitrogen and oxygen atoms in total. The number of fused-ring (bicyclic) bond motifs is 1. The highest BCUT2D eigenvalue weighted by molar-refractivity contribution is 5.74. The lowest BCUT2D eigenvalue weighted by atomic mass is 9.89. The third-order valence-electron chi connectivity index (χ3n) is 6.04. The van der Waals surface area contributed by atoms with Gasteiger partial charge in [-0.1, -0.05) is 0 Å². The van der Waals surface area contributed by atoms with E-state index in [-0.39, 0.29) is 29.8 Å². The van der Waals surface area contributed by atoms with Crippen LogP contribution in [0.5, 0.6) is 0 Å². The SMILES string of the molecule is CC(=O)N(C1CCCC(n2cc3c(C(F)(F)F)cccn3c2=O)C1)C1NNCN1C. The fourth-order valence-corrected chi connectivity index (χ4v) is 4.65. The molecule has 1 saturated heterocycles. The predicted molar refractivity (Wildman–Crippen MR) is 103 cm³/mol. The molecule has 0 spiro atoms. The summed E-state index contributed by atoms with van der Waals surface area (Å²) in [6.07, 6.45) is 0.527. The summed E-state index contributed by atoms with van der Waals surface area (Å²) in [5.74, 6) is -0.0950. The maximum absolute atomic E-state index is 13.4. The summed E-state index contributed by atoms with van der Waals surface area (Å²) >= 11 is 0. The topological polar surface area (TPSA) is 74.0 Å². The van der Waals surface area contributed by atoms with Gasteiger partial charge in [-0.05, 0) is 44.9 Å². The molecule has 1 amide bonds. The molecule has 3 unspecified atom stereocenters. The molecular formula is C19H25F3N6O2. The predicted octanol–water partition coefficient (Wildman–Crippen LogP) is 1.73. The first-order valence-electron chi connectivity index (χ1n) is 9.95. The lowest BCUT2D eigenvalue weighted by molar-refractivity contribution is -0.139. The van der Waals surface area contributed by atoms with Gasteiger partial charge in [-0.15, -0.1) is 0 Å². The van der Waals surface area contributed by atoms with Crippen molar-refractivity contribution in [2.24, 2.45) is 0 Å². The molecule has 3 atom stereocenters. The largest absolute Gasteiger partial charge is 0.418 e. The molecule has 3 heterocycles. The second kappa shape index (κ2) is 7.71. The van der Waals surface area contributed by atoms with Crippen molar-refractivity contribution in [3.8, 4) is 0 Å². The van der Waals surface area contributed by atoms with E-state index in [1.165, 1.54) is 30.0 Å². The van der Waals surface area contributed by atoms with E-state index >= 15 is 0 Å². The Morgan fingerprint density at radius 2 is 2.07 bits per heavy atom. The first-order valence-corrected chi connectivity index (χ1v) is 9.95. The Labute approximate surface area is 171 Å². The van der Waals surface area contributed by atoms with Gasteiger partial charge in [-0.2, -0.15) is 13.2 Å². The number of halogens is 3. The first-order chi connectivity index (χ1) is 14.2. The molecule has 0 aromatic carbocycles. The molecule has 164 valence electrons. The molecule has 2 aromatic rings. The number of nitrogens with one attached hydrogen (secondary N) is 2. The monoisotopic (exact) mass is 426 g/mol. The molecule has 0 radical (unpaired) electrons. The van der Waals surface area contributed by atoms with E-state index in [1.54, 1.807) is 4.90 Å². The van der Waals surface area contributed by atoms with Crippen molar-refractivity contribution < 1.29 is 18.0 Å². The molecule has 2 N–H and O–H groups in total. The zero-order valence-corrected chi connectivity index (χ0v) is 16.8. The average molecular weight is 426 g/mol. The lowest BCUT2D eigenvalue weighted by Gasteiger charge is -2.41. The van der Waals surface area contributed by atoms with Crippen LogP contribution in [0.25, 0.3) is 5.52 Å². The number of aromatic nitrogens is 2. The van der Waals surface area contributed by atoms with Crippen molar-refractivity contribution in [2.75, 3.05) is 13.7 Å². The minimum absolute atomic E-state index is 0.0950. The average Bonchev–Trinajstić information content (AvgIpc) is 3.25. The second-order valence-electron chi connectivity index (χ2n) is 8.00. The number of imidazole rings is 1. The Bertz CT molecular complexity index is 1000. The minimum atomic E-state index is -4.54. The van der Waals surface area contributed by atoms with E-state index in [0.29, 0.717) is 19.5 Å². The number of amides is 1. The van der Waals surface area contributed by atoms with Crippen molar-refractivity contribution in [3.63, 3.8) is 0 Å². The number of hydrogen-bond donors (Lipinski definition) is 2. The molecule has 1 aliphatic carbocycles. The van der Waals surface area contributed by atoms with Gasteiger partial charge in [-0.3, -0.25) is 18.7 Å². The third-order valence-corrected chi connectivity index (χ3v) is 6.04. The molecular weight excluding hydrogens is 401 g/mol. The standard InChI is InChI=1S/C19H25F3N6O2/c1-12(29)28(17-24-23-11-25(17)2)14-6-3-5-13(9-14)27-10-16-15(19(20,21)22)7-4-8-26(16)18(27)30/h4,7-8,10,13-14,17,23-24H,3,5-6,9,11H2,1-2H3. The Kier molecular flexibility index (Phi) is 5.37. The van der Waals surface area contributed by atoms with Gasteiger partial charge in [-0.25, -0.2) is 15.6 Å². The Morgan fingerprint density at radius 1 is 1.30 bits per heavy atom. The molecule has 11 heteroatoms. The highest BCUT2D eigenvalue weighted by Crippen LogP contribution is 2.35. The smallest absolute Gasteiger partial charge is 0.310 e. The molecule has 4 rings (SSSR count). The van der Waals surface area contributed by atoms with E-state index in [4.69, 9.17) is 0 Å². The van der Waals surface area contributed by atoms with Crippen LogP contribution in [0.4, 0.5) is 13.2 Å². The summed E-state index contributed by atoms with van der Waals surface area (Å²) in [4.78, 5) is 29.0. The van der Waals surface area contributed by atoms with Gasteiger partial charge in [0.15, 0.2) is 6.29 Å². The second-order valence-corrected chi connectivity index (χ2v) is 8.00. The van der Waals surface area contributed by atoms with Crippen molar-refractivity contribution in [2.45, 2.75) is 57.2 Å². The fraction of sp³-hybridized carbons (Fsp3) is 0.579. The number of carbonyl (C=O) groups excluding carboxylic acids is 1. The van der Waals surface area contributed by atoms with Crippen LogP contribution in [-0.2, 0) is 11.0 Å². The van der Waals surface area contributed by atoms with Crippen LogP contribution >= 0.6 is 0 Å². The quantitative estimate of drug-likeness (QED) is 0.782. The van der Waals surface area contributed by atoms with Gasteiger partial charge in [0.25, 0.3) is 0 Å². The van der Waals surface area contributed by atoms with Crippen molar-refractivity contribution in [3.05, 3.63) is 40.6 Å². The van der Waals surface area contributed by atoms with Gasteiger partial charge in [0.2, 0.25) is 5.91 Å². The lowest BCUT2D eigenvalue weighted by Crippen LogP contribution is -2.57. The summed E-state index contributed by atoms with van der Waals surface area (Å²) in [6.45, 7) is 2.08. The molecule has 2 aliphatic rings. The van der Waals surface area contributed by atoms with Crippen LogP contribution in [0.3, 0.4) is 0 Å². The van der Waals surface area contributed by atoms with Crippen LogP contribution in [-0.4, -0.2) is 50.7 Å².